The number of nitrogens with zero attached hydrogens (tertiary/aromatic N) is 1. The molecule has 1 atom stereocenters. The molecule has 0 aromatic rings. The number of hydrogen-bond acceptors (Lipinski definition) is 3. The summed E-state index contributed by atoms with van der Waals surface area (Å²) in [7, 11) is 0. The van der Waals surface area contributed by atoms with Crippen LogP contribution in [0.5, 0.6) is 0 Å². The maximum Gasteiger partial charge on any atom is 0.0634 e. The van der Waals surface area contributed by atoms with Crippen molar-refractivity contribution in [1.29, 1.82) is 0 Å². The molecular weight excluding hydrogens is 188 g/mol. The lowest BCUT2D eigenvalue weighted by Gasteiger charge is -2.35. The molecule has 1 aliphatic heterocycles. The summed E-state index contributed by atoms with van der Waals surface area (Å²) in [5.41, 5.74) is 0. The average Bonchev–Trinajstić information content (AvgIpc) is 3.08. The monoisotopic (exact) mass is 212 g/mol. The van der Waals surface area contributed by atoms with Crippen LogP contribution in [0.1, 0.15) is 26.2 Å². The van der Waals surface area contributed by atoms with E-state index in [0.717, 1.165) is 38.8 Å². The molecular formula is C12H24N2O. The van der Waals surface area contributed by atoms with Crippen LogP contribution in [0.25, 0.3) is 0 Å². The number of hydrogen-bond donors (Lipinski definition) is 1. The van der Waals surface area contributed by atoms with Crippen molar-refractivity contribution in [1.82, 2.24) is 10.2 Å². The van der Waals surface area contributed by atoms with Gasteiger partial charge in [0.2, 0.25) is 0 Å². The van der Waals surface area contributed by atoms with Gasteiger partial charge in [0.15, 0.2) is 0 Å². The molecule has 0 amide bonds. The van der Waals surface area contributed by atoms with Gasteiger partial charge in [0.05, 0.1) is 13.2 Å². The summed E-state index contributed by atoms with van der Waals surface area (Å²) in [5, 5.41) is 3.43. The fraction of sp³-hybridized carbons (Fsp3) is 1.00. The Kier molecular flexibility index (Phi) is 4.42. The van der Waals surface area contributed by atoms with E-state index in [-0.39, 0.29) is 0 Å². The van der Waals surface area contributed by atoms with Gasteiger partial charge in [-0.3, -0.25) is 4.90 Å². The summed E-state index contributed by atoms with van der Waals surface area (Å²) in [6.07, 6.45) is 4.35. The molecule has 2 aliphatic rings. The third kappa shape index (κ3) is 3.74. The van der Waals surface area contributed by atoms with E-state index in [1.54, 1.807) is 0 Å². The third-order valence-electron chi connectivity index (χ3n) is 3.50. The van der Waals surface area contributed by atoms with Crippen molar-refractivity contribution in [2.24, 2.45) is 5.92 Å². The van der Waals surface area contributed by atoms with Gasteiger partial charge in [-0.25, -0.2) is 0 Å². The van der Waals surface area contributed by atoms with E-state index in [1.807, 2.05) is 0 Å². The molecule has 1 aliphatic carbocycles. The van der Waals surface area contributed by atoms with Crippen molar-refractivity contribution in [2.75, 3.05) is 39.4 Å². The first-order valence-electron chi connectivity index (χ1n) is 6.42. The second-order valence-electron chi connectivity index (χ2n) is 4.80. The van der Waals surface area contributed by atoms with Crippen molar-refractivity contribution in [3.63, 3.8) is 0 Å². The molecule has 0 aromatic heterocycles. The van der Waals surface area contributed by atoms with Crippen molar-refractivity contribution >= 4 is 0 Å². The Morgan fingerprint density at radius 2 is 2.27 bits per heavy atom. The van der Waals surface area contributed by atoms with Gasteiger partial charge in [-0.1, -0.05) is 19.8 Å². The van der Waals surface area contributed by atoms with Crippen LogP contribution >= 0.6 is 0 Å². The summed E-state index contributed by atoms with van der Waals surface area (Å²) in [6.45, 7) is 8.56. The maximum atomic E-state index is 5.55. The molecule has 88 valence electrons. The van der Waals surface area contributed by atoms with Crippen molar-refractivity contribution < 1.29 is 4.74 Å². The van der Waals surface area contributed by atoms with Crippen LogP contribution in [0.4, 0.5) is 0 Å². The van der Waals surface area contributed by atoms with Crippen LogP contribution in [0.15, 0.2) is 0 Å². The minimum atomic E-state index is 0.609. The molecule has 0 bridgehead atoms. The first kappa shape index (κ1) is 11.4. The Hall–Kier alpha value is -0.120. The molecule has 3 nitrogen and oxygen atoms in total. The van der Waals surface area contributed by atoms with Gasteiger partial charge in [0.25, 0.3) is 0 Å². The highest BCUT2D eigenvalue weighted by Gasteiger charge is 2.26. The second-order valence-corrected chi connectivity index (χ2v) is 4.80. The summed E-state index contributed by atoms with van der Waals surface area (Å²) < 4.78 is 5.55. The minimum Gasteiger partial charge on any atom is -0.378 e. The first-order chi connectivity index (χ1) is 7.40. The number of ether oxygens (including phenoxy) is 1. The SMILES string of the molecule is CCNCC1COCCN1CCC1CC1. The van der Waals surface area contributed by atoms with Gasteiger partial charge in [0, 0.05) is 19.1 Å². The molecule has 15 heavy (non-hydrogen) atoms. The molecule has 0 spiro atoms. The summed E-state index contributed by atoms with van der Waals surface area (Å²) in [5.74, 6) is 1.05. The van der Waals surface area contributed by atoms with Gasteiger partial charge in [-0.05, 0) is 25.4 Å². The highest BCUT2D eigenvalue weighted by molar-refractivity contribution is 4.80. The lowest BCUT2D eigenvalue weighted by atomic mass is 10.2. The molecule has 0 radical (unpaired) electrons. The highest BCUT2D eigenvalue weighted by Crippen LogP contribution is 2.32. The smallest absolute Gasteiger partial charge is 0.0634 e. The Labute approximate surface area is 93.2 Å². The van der Waals surface area contributed by atoms with Crippen LogP contribution in [-0.4, -0.2) is 50.3 Å². The van der Waals surface area contributed by atoms with E-state index in [1.165, 1.54) is 25.8 Å². The van der Waals surface area contributed by atoms with Crippen LogP contribution in [0.3, 0.4) is 0 Å². The van der Waals surface area contributed by atoms with Gasteiger partial charge >= 0.3 is 0 Å². The summed E-state index contributed by atoms with van der Waals surface area (Å²) in [4.78, 5) is 2.62. The Morgan fingerprint density at radius 3 is 3.00 bits per heavy atom. The molecule has 1 saturated heterocycles. The zero-order valence-corrected chi connectivity index (χ0v) is 9.87. The first-order valence-corrected chi connectivity index (χ1v) is 6.42. The van der Waals surface area contributed by atoms with Gasteiger partial charge in [-0.15, -0.1) is 0 Å². The molecule has 1 heterocycles. The highest BCUT2D eigenvalue weighted by atomic mass is 16.5. The zero-order valence-electron chi connectivity index (χ0n) is 9.87. The molecule has 0 aromatic carbocycles. The largest absolute Gasteiger partial charge is 0.378 e. The molecule has 1 saturated carbocycles. The lowest BCUT2D eigenvalue weighted by molar-refractivity contribution is -0.00759. The van der Waals surface area contributed by atoms with Crippen molar-refractivity contribution in [3.8, 4) is 0 Å². The number of rotatable bonds is 6. The summed E-state index contributed by atoms with van der Waals surface area (Å²) in [6, 6.07) is 0.609. The van der Waals surface area contributed by atoms with E-state index in [4.69, 9.17) is 4.74 Å². The van der Waals surface area contributed by atoms with Crippen LogP contribution in [-0.2, 0) is 4.74 Å². The summed E-state index contributed by atoms with van der Waals surface area (Å²) >= 11 is 0. The number of nitrogens with one attached hydrogen (secondary N) is 1. The topological polar surface area (TPSA) is 24.5 Å². The normalized spacial score (nSPS) is 28.2. The van der Waals surface area contributed by atoms with Crippen LogP contribution in [0.2, 0.25) is 0 Å². The van der Waals surface area contributed by atoms with E-state index in [2.05, 4.69) is 17.1 Å². The lowest BCUT2D eigenvalue weighted by Crippen LogP contribution is -2.50. The van der Waals surface area contributed by atoms with E-state index in [9.17, 15) is 0 Å². The minimum absolute atomic E-state index is 0.609. The molecule has 3 heteroatoms. The maximum absolute atomic E-state index is 5.55. The molecule has 2 rings (SSSR count). The predicted octanol–water partition coefficient (Wildman–Crippen LogP) is 1.10. The fourth-order valence-corrected chi connectivity index (χ4v) is 2.24. The quantitative estimate of drug-likeness (QED) is 0.713. The van der Waals surface area contributed by atoms with E-state index < -0.39 is 0 Å². The Morgan fingerprint density at radius 1 is 1.40 bits per heavy atom. The van der Waals surface area contributed by atoms with E-state index in [0.29, 0.717) is 6.04 Å². The Balaban J connectivity index is 1.70. The van der Waals surface area contributed by atoms with Gasteiger partial charge in [0.1, 0.15) is 0 Å². The second kappa shape index (κ2) is 5.83. The van der Waals surface area contributed by atoms with Crippen molar-refractivity contribution in [2.45, 2.75) is 32.2 Å². The molecule has 1 unspecified atom stereocenters. The van der Waals surface area contributed by atoms with Crippen molar-refractivity contribution in [3.05, 3.63) is 0 Å². The average molecular weight is 212 g/mol. The zero-order chi connectivity index (χ0) is 10.5. The standard InChI is InChI=1S/C12H24N2O/c1-2-13-9-12-10-15-8-7-14(12)6-5-11-3-4-11/h11-13H,2-10H2,1H3. The fourth-order valence-electron chi connectivity index (χ4n) is 2.24. The van der Waals surface area contributed by atoms with Gasteiger partial charge in [-0.2, -0.15) is 0 Å². The molecule has 1 N–H and O–H groups in total. The molecule has 2 fully saturated rings. The number of likely N-dealkylation sites (N-methyl/N-ethyl adjacent to an activating group) is 1. The predicted molar refractivity (Wildman–Crippen MR) is 62.1 cm³/mol. The van der Waals surface area contributed by atoms with Gasteiger partial charge < -0.3 is 10.1 Å². The third-order valence-corrected chi connectivity index (χ3v) is 3.50. The Bertz CT molecular complexity index is 182. The van der Waals surface area contributed by atoms with E-state index >= 15 is 0 Å². The number of morpholine rings is 1. The van der Waals surface area contributed by atoms with Crippen LogP contribution in [0, 0.1) is 5.92 Å². The van der Waals surface area contributed by atoms with Crippen LogP contribution < -0.4 is 5.32 Å².